The smallest absolute Gasteiger partial charge is 0.433 e. The molecule has 8 nitrogen and oxygen atoms in total. The molecule has 2 aliphatic carbocycles. The Morgan fingerprint density at radius 2 is 1.70 bits per heavy atom. The number of carboxylic acids is 1. The number of alkyl halides is 3. The summed E-state index contributed by atoms with van der Waals surface area (Å²) in [5.74, 6) is -3.15. The Kier molecular flexibility index (Phi) is 8.85. The normalized spacial score (nSPS) is 23.0. The number of halogens is 5. The number of pyridine rings is 1. The molecule has 0 radical (unpaired) electrons. The van der Waals surface area contributed by atoms with Crippen LogP contribution in [0, 0.1) is 11.3 Å². The molecule has 2 aromatic heterocycles. The van der Waals surface area contributed by atoms with E-state index in [0.29, 0.717) is 12.8 Å². The van der Waals surface area contributed by atoms with Crippen molar-refractivity contribution in [3.63, 3.8) is 0 Å². The van der Waals surface area contributed by atoms with E-state index in [2.05, 4.69) is 10.1 Å². The summed E-state index contributed by atoms with van der Waals surface area (Å²) in [5.41, 5.74) is -2.07. The second kappa shape index (κ2) is 11.7. The van der Waals surface area contributed by atoms with Crippen LogP contribution in [0.1, 0.15) is 97.7 Å². The predicted molar refractivity (Wildman–Crippen MR) is 142 cm³/mol. The SMILES string of the molecule is CC1(C)CCCC(N(CC(=O)c2c(Cl)cncc2Cl)C(=O)c2cnn([C@H]3CC[C@H](C(=O)O)CC3)c2C(F)(F)F)C1. The molecule has 0 bridgehead atoms. The predicted octanol–water partition coefficient (Wildman–Crippen LogP) is 6.71. The summed E-state index contributed by atoms with van der Waals surface area (Å²) >= 11 is 12.3. The van der Waals surface area contributed by atoms with Crippen LogP contribution in [-0.4, -0.2) is 55.0 Å². The van der Waals surface area contributed by atoms with E-state index in [1.165, 1.54) is 17.3 Å². The quantitative estimate of drug-likeness (QED) is 0.353. The molecule has 0 saturated heterocycles. The molecule has 0 spiro atoms. The molecule has 40 heavy (non-hydrogen) atoms. The van der Waals surface area contributed by atoms with Crippen molar-refractivity contribution in [3.05, 3.63) is 45.5 Å². The zero-order valence-corrected chi connectivity index (χ0v) is 23.7. The number of Topliss-reactive ketones (excluding diaryl/α,β-unsaturated/α-hetero) is 1. The number of hydrogen-bond acceptors (Lipinski definition) is 5. The number of nitrogens with zero attached hydrogens (tertiary/aromatic N) is 4. The maximum absolute atomic E-state index is 14.5. The maximum atomic E-state index is 14.5. The highest BCUT2D eigenvalue weighted by atomic mass is 35.5. The van der Waals surface area contributed by atoms with Gasteiger partial charge in [-0.1, -0.05) is 43.5 Å². The van der Waals surface area contributed by atoms with Crippen LogP contribution in [0.2, 0.25) is 10.0 Å². The number of amides is 1. The van der Waals surface area contributed by atoms with E-state index in [-0.39, 0.29) is 46.7 Å². The van der Waals surface area contributed by atoms with E-state index in [1.54, 1.807) is 0 Å². The van der Waals surface area contributed by atoms with Crippen LogP contribution < -0.4 is 0 Å². The lowest BCUT2D eigenvalue weighted by Gasteiger charge is -2.41. The largest absolute Gasteiger partial charge is 0.481 e. The van der Waals surface area contributed by atoms with Crippen LogP contribution in [0.3, 0.4) is 0 Å². The summed E-state index contributed by atoms with van der Waals surface area (Å²) in [4.78, 5) is 43.7. The monoisotopic (exact) mass is 602 g/mol. The number of ketones is 1. The fourth-order valence-corrected chi connectivity index (χ4v) is 6.58. The van der Waals surface area contributed by atoms with Crippen molar-refractivity contribution >= 4 is 40.9 Å². The first-order valence-corrected chi connectivity index (χ1v) is 14.0. The van der Waals surface area contributed by atoms with Crippen LogP contribution in [0.15, 0.2) is 18.6 Å². The number of rotatable bonds is 7. The van der Waals surface area contributed by atoms with Gasteiger partial charge in [0.1, 0.15) is 0 Å². The number of aromatic nitrogens is 3. The zero-order valence-electron chi connectivity index (χ0n) is 22.2. The molecule has 13 heteroatoms. The van der Waals surface area contributed by atoms with E-state index < -0.39 is 59.6 Å². The van der Waals surface area contributed by atoms with Gasteiger partial charge in [-0.2, -0.15) is 18.3 Å². The molecule has 218 valence electrons. The van der Waals surface area contributed by atoms with Gasteiger partial charge in [-0.25, -0.2) is 0 Å². The molecule has 0 aliphatic heterocycles. The summed E-state index contributed by atoms with van der Waals surface area (Å²) in [6.07, 6.45) is 1.92. The van der Waals surface area contributed by atoms with E-state index in [1.807, 2.05) is 13.8 Å². The Labute approximate surface area is 239 Å². The first-order valence-electron chi connectivity index (χ1n) is 13.2. The maximum Gasteiger partial charge on any atom is 0.433 e. The third kappa shape index (κ3) is 6.46. The van der Waals surface area contributed by atoms with Crippen LogP contribution >= 0.6 is 23.2 Å². The van der Waals surface area contributed by atoms with Gasteiger partial charge in [-0.05, 0) is 50.4 Å². The molecule has 2 saturated carbocycles. The first-order chi connectivity index (χ1) is 18.7. The van der Waals surface area contributed by atoms with Gasteiger partial charge in [0, 0.05) is 18.4 Å². The van der Waals surface area contributed by atoms with Gasteiger partial charge in [0.05, 0.1) is 45.9 Å². The molecule has 0 aromatic carbocycles. The third-order valence-corrected chi connectivity index (χ3v) is 8.59. The van der Waals surface area contributed by atoms with Crippen molar-refractivity contribution in [2.75, 3.05) is 6.54 Å². The lowest BCUT2D eigenvalue weighted by atomic mass is 9.74. The highest BCUT2D eigenvalue weighted by Gasteiger charge is 2.45. The molecule has 2 heterocycles. The molecule has 1 unspecified atom stereocenters. The average Bonchev–Trinajstić information content (AvgIpc) is 3.32. The highest BCUT2D eigenvalue weighted by Crippen LogP contribution is 2.41. The van der Waals surface area contributed by atoms with Crippen LogP contribution in [-0.2, 0) is 11.0 Å². The highest BCUT2D eigenvalue weighted by molar-refractivity contribution is 6.39. The molecule has 4 rings (SSSR count). The lowest BCUT2D eigenvalue weighted by molar-refractivity contribution is -0.147. The molecule has 2 aliphatic rings. The lowest BCUT2D eigenvalue weighted by Crippen LogP contribution is -2.47. The molecule has 1 amide bonds. The Bertz CT molecular complexity index is 1270. The second-order valence-corrected chi connectivity index (χ2v) is 12.3. The van der Waals surface area contributed by atoms with Crippen LogP contribution in [0.4, 0.5) is 13.2 Å². The number of carboxylic acid groups (broad SMARTS) is 1. The minimum absolute atomic E-state index is 0.0189. The van der Waals surface area contributed by atoms with E-state index in [0.717, 1.165) is 23.7 Å². The van der Waals surface area contributed by atoms with E-state index >= 15 is 0 Å². The third-order valence-electron chi connectivity index (χ3n) is 8.01. The van der Waals surface area contributed by atoms with Gasteiger partial charge < -0.3 is 10.0 Å². The topological polar surface area (TPSA) is 105 Å². The summed E-state index contributed by atoms with van der Waals surface area (Å²) in [7, 11) is 0. The average molecular weight is 603 g/mol. The molecular weight excluding hydrogens is 572 g/mol. The molecule has 1 N–H and O–H groups in total. The fourth-order valence-electron chi connectivity index (χ4n) is 6.00. The summed E-state index contributed by atoms with van der Waals surface area (Å²) in [5, 5.41) is 13.2. The van der Waals surface area contributed by atoms with E-state index in [9.17, 15) is 32.7 Å². The van der Waals surface area contributed by atoms with Crippen molar-refractivity contribution in [2.45, 2.75) is 83.5 Å². The van der Waals surface area contributed by atoms with E-state index in [4.69, 9.17) is 23.2 Å². The Morgan fingerprint density at radius 3 is 2.25 bits per heavy atom. The van der Waals surface area contributed by atoms with Gasteiger partial charge in [0.15, 0.2) is 11.5 Å². The number of carbonyl (C=O) groups is 3. The summed E-state index contributed by atoms with van der Waals surface area (Å²) in [6.45, 7) is 3.52. The van der Waals surface area contributed by atoms with Gasteiger partial charge in [-0.15, -0.1) is 0 Å². The fraction of sp³-hybridized carbons (Fsp3) is 0.593. The Balaban J connectivity index is 1.71. The van der Waals surface area contributed by atoms with Crippen LogP contribution in [0.5, 0.6) is 0 Å². The molecule has 1 atom stereocenters. The van der Waals surface area contributed by atoms with Crippen molar-refractivity contribution < 1.29 is 32.7 Å². The van der Waals surface area contributed by atoms with Crippen LogP contribution in [0.25, 0.3) is 0 Å². The van der Waals surface area contributed by atoms with Gasteiger partial charge in [0.2, 0.25) is 0 Å². The van der Waals surface area contributed by atoms with Crippen molar-refractivity contribution in [2.24, 2.45) is 11.3 Å². The Hall–Kier alpha value is -2.66. The zero-order chi connectivity index (χ0) is 29.4. The van der Waals surface area contributed by atoms with Crippen molar-refractivity contribution in [3.8, 4) is 0 Å². The van der Waals surface area contributed by atoms with Crippen molar-refractivity contribution in [1.82, 2.24) is 19.7 Å². The van der Waals surface area contributed by atoms with Gasteiger partial charge in [0.25, 0.3) is 5.91 Å². The molecular formula is C27H31Cl2F3N4O4. The number of carbonyl (C=O) groups excluding carboxylic acids is 2. The number of hydrogen-bond donors (Lipinski definition) is 1. The first kappa shape index (κ1) is 30.3. The molecule has 2 aromatic rings. The summed E-state index contributed by atoms with van der Waals surface area (Å²) in [6, 6.07) is -1.19. The minimum atomic E-state index is -4.91. The standard InChI is InChI=1S/C27H31Cl2F3N4O4/c1-26(2)9-3-4-17(10-26)35(14-21(37)22-19(28)12-33-13-20(22)29)24(38)18-11-34-36(23(18)27(30,31)32)16-7-5-15(6-8-16)25(39)40/h11-13,15-17H,3-10,14H2,1-2H3,(H,39,40)/t15-,16-,17?. The van der Waals surface area contributed by atoms with Gasteiger partial charge >= 0.3 is 12.1 Å². The second-order valence-electron chi connectivity index (χ2n) is 11.4. The molecule has 2 fully saturated rings. The Morgan fingerprint density at radius 1 is 1.07 bits per heavy atom. The summed E-state index contributed by atoms with van der Waals surface area (Å²) < 4.78 is 44.3. The minimum Gasteiger partial charge on any atom is -0.481 e. The van der Waals surface area contributed by atoms with Gasteiger partial charge in [-0.3, -0.25) is 24.0 Å². The van der Waals surface area contributed by atoms with Crippen molar-refractivity contribution in [1.29, 1.82) is 0 Å². The number of aliphatic carboxylic acids is 1.